The Hall–Kier alpha value is -2.77. The Kier molecular flexibility index (Phi) is 5.87. The van der Waals surface area contributed by atoms with E-state index in [0.717, 1.165) is 45.0 Å². The highest BCUT2D eigenvalue weighted by molar-refractivity contribution is 6.12. The number of anilines is 2. The molecule has 0 radical (unpaired) electrons. The topological polar surface area (TPSA) is 57.2 Å². The highest BCUT2D eigenvalue weighted by atomic mass is 19.1. The number of fused-ring (bicyclic) bond motifs is 1. The number of hydrogen-bond acceptors (Lipinski definition) is 5. The van der Waals surface area contributed by atoms with E-state index >= 15 is 0 Å². The first-order chi connectivity index (χ1) is 14.1. The number of ether oxygens (including phenoxy) is 1. The molecule has 2 heterocycles. The smallest absolute Gasteiger partial charge is 0.237 e. The van der Waals surface area contributed by atoms with Crippen LogP contribution in [0.4, 0.5) is 21.5 Å². The summed E-state index contributed by atoms with van der Waals surface area (Å²) in [5.74, 6) is -1.11. The van der Waals surface area contributed by atoms with Gasteiger partial charge in [-0.3, -0.25) is 14.7 Å². The van der Waals surface area contributed by atoms with Crippen LogP contribution in [-0.4, -0.2) is 63.5 Å². The number of nitrogens with one attached hydrogen (secondary N) is 1. The minimum atomic E-state index is -0.569. The Labute approximate surface area is 170 Å². The molecule has 1 N–H and O–H groups in total. The summed E-state index contributed by atoms with van der Waals surface area (Å²) >= 11 is 0. The Morgan fingerprint density at radius 1 is 1.17 bits per heavy atom. The number of carbonyl (C=O) groups excluding carboxylic acids is 1. The number of aliphatic imine (C=N–C) groups is 1. The van der Waals surface area contributed by atoms with Crippen molar-refractivity contribution in [1.29, 1.82) is 0 Å². The third-order valence-corrected chi connectivity index (χ3v) is 5.46. The standard InChI is InChI=1S/C22H25FN4O2/c1-29-13-12-26-8-10-27(11-9-26)18-5-3-17(4-6-18)24-15-20-19-14-16(23)2-7-21(19)25-22(20)28/h2-7,14-15,20H,8-13H2,1H3,(H,25,28). The maximum absolute atomic E-state index is 13.5. The van der Waals surface area contributed by atoms with Gasteiger partial charge in [0.15, 0.2) is 0 Å². The highest BCUT2D eigenvalue weighted by Gasteiger charge is 2.29. The molecule has 29 heavy (non-hydrogen) atoms. The van der Waals surface area contributed by atoms with Crippen LogP contribution in [0.15, 0.2) is 47.5 Å². The lowest BCUT2D eigenvalue weighted by atomic mass is 10.0. The quantitative estimate of drug-likeness (QED) is 0.763. The van der Waals surface area contributed by atoms with E-state index in [2.05, 4.69) is 32.2 Å². The molecule has 4 rings (SSSR count). The summed E-state index contributed by atoms with van der Waals surface area (Å²) in [7, 11) is 1.73. The van der Waals surface area contributed by atoms with Crippen LogP contribution in [0.2, 0.25) is 0 Å². The second kappa shape index (κ2) is 8.71. The Morgan fingerprint density at radius 2 is 1.93 bits per heavy atom. The number of hydrogen-bond donors (Lipinski definition) is 1. The molecule has 152 valence electrons. The van der Waals surface area contributed by atoms with Crippen molar-refractivity contribution in [3.63, 3.8) is 0 Å². The first-order valence-electron chi connectivity index (χ1n) is 9.85. The van der Waals surface area contributed by atoms with Gasteiger partial charge in [-0.05, 0) is 48.0 Å². The van der Waals surface area contributed by atoms with Gasteiger partial charge in [-0.1, -0.05) is 0 Å². The molecule has 0 aliphatic carbocycles. The fourth-order valence-corrected chi connectivity index (χ4v) is 3.76. The van der Waals surface area contributed by atoms with Crippen molar-refractivity contribution in [1.82, 2.24) is 4.90 Å². The fraction of sp³-hybridized carbons (Fsp3) is 0.364. The number of benzene rings is 2. The number of amides is 1. The summed E-state index contributed by atoms with van der Waals surface area (Å²) in [5.41, 5.74) is 3.21. The van der Waals surface area contributed by atoms with Gasteiger partial charge < -0.3 is 15.0 Å². The van der Waals surface area contributed by atoms with Gasteiger partial charge in [0.2, 0.25) is 5.91 Å². The Bertz CT molecular complexity index is 892. The molecule has 1 amide bonds. The number of rotatable bonds is 6. The number of carbonyl (C=O) groups is 1. The second-order valence-electron chi connectivity index (χ2n) is 7.31. The van der Waals surface area contributed by atoms with E-state index in [9.17, 15) is 9.18 Å². The number of halogens is 1. The lowest BCUT2D eigenvalue weighted by Crippen LogP contribution is -2.47. The van der Waals surface area contributed by atoms with E-state index in [1.54, 1.807) is 19.4 Å². The van der Waals surface area contributed by atoms with Crippen LogP contribution in [0.3, 0.4) is 0 Å². The van der Waals surface area contributed by atoms with Gasteiger partial charge in [0.05, 0.1) is 12.3 Å². The molecule has 2 aromatic rings. The molecule has 0 spiro atoms. The molecule has 0 aromatic heterocycles. The first kappa shape index (κ1) is 19.5. The van der Waals surface area contributed by atoms with Crippen molar-refractivity contribution < 1.29 is 13.9 Å². The predicted molar refractivity (Wildman–Crippen MR) is 113 cm³/mol. The van der Waals surface area contributed by atoms with Crippen molar-refractivity contribution in [2.75, 3.05) is 56.7 Å². The minimum absolute atomic E-state index is 0.183. The molecule has 2 aliphatic rings. The third kappa shape index (κ3) is 4.46. The molecule has 6 nitrogen and oxygen atoms in total. The predicted octanol–water partition coefficient (Wildman–Crippen LogP) is 3.03. The summed E-state index contributed by atoms with van der Waals surface area (Å²) in [6, 6.07) is 12.3. The number of piperazine rings is 1. The van der Waals surface area contributed by atoms with Crippen molar-refractivity contribution in [2.24, 2.45) is 4.99 Å². The SMILES string of the molecule is COCCN1CCN(c2ccc(N=CC3C(=O)Nc4ccc(F)cc43)cc2)CC1. The molecule has 2 aromatic carbocycles. The van der Waals surface area contributed by atoms with Crippen molar-refractivity contribution in [2.45, 2.75) is 5.92 Å². The zero-order valence-corrected chi connectivity index (χ0v) is 16.5. The molecule has 2 aliphatic heterocycles. The molecule has 7 heteroatoms. The maximum atomic E-state index is 13.5. The van der Waals surface area contributed by atoms with Crippen molar-refractivity contribution in [3.05, 3.63) is 53.8 Å². The molecule has 0 bridgehead atoms. The van der Waals surface area contributed by atoms with E-state index < -0.39 is 5.92 Å². The van der Waals surface area contributed by atoms with Crippen LogP contribution in [0, 0.1) is 5.82 Å². The highest BCUT2D eigenvalue weighted by Crippen LogP contribution is 2.32. The maximum Gasteiger partial charge on any atom is 0.237 e. The van der Waals surface area contributed by atoms with Gasteiger partial charge in [0, 0.05) is 57.4 Å². The first-order valence-corrected chi connectivity index (χ1v) is 9.85. The van der Waals surface area contributed by atoms with Crippen LogP contribution < -0.4 is 10.2 Å². The van der Waals surface area contributed by atoms with Gasteiger partial charge >= 0.3 is 0 Å². The monoisotopic (exact) mass is 396 g/mol. The van der Waals surface area contributed by atoms with Crippen LogP contribution in [0.5, 0.6) is 0 Å². The van der Waals surface area contributed by atoms with Crippen LogP contribution >= 0.6 is 0 Å². The average molecular weight is 396 g/mol. The summed E-state index contributed by atoms with van der Waals surface area (Å²) in [6.07, 6.45) is 1.59. The van der Waals surface area contributed by atoms with Gasteiger partial charge in [-0.15, -0.1) is 0 Å². The molecule has 1 unspecified atom stereocenters. The average Bonchev–Trinajstić information content (AvgIpc) is 3.06. The minimum Gasteiger partial charge on any atom is -0.383 e. The molecule has 1 fully saturated rings. The second-order valence-corrected chi connectivity index (χ2v) is 7.31. The van der Waals surface area contributed by atoms with E-state index in [-0.39, 0.29) is 11.7 Å². The summed E-state index contributed by atoms with van der Waals surface area (Å²) in [4.78, 5) is 21.4. The third-order valence-electron chi connectivity index (χ3n) is 5.46. The largest absolute Gasteiger partial charge is 0.383 e. The van der Waals surface area contributed by atoms with Gasteiger partial charge in [0.25, 0.3) is 0 Å². The van der Waals surface area contributed by atoms with Gasteiger partial charge in [-0.25, -0.2) is 4.39 Å². The van der Waals surface area contributed by atoms with E-state index in [4.69, 9.17) is 4.74 Å². The van der Waals surface area contributed by atoms with Gasteiger partial charge in [-0.2, -0.15) is 0 Å². The molecule has 0 saturated carbocycles. The van der Waals surface area contributed by atoms with Crippen LogP contribution in [0.1, 0.15) is 11.5 Å². The molecule has 1 saturated heterocycles. The molecular weight excluding hydrogens is 371 g/mol. The normalized spacial score (nSPS) is 19.6. The lowest BCUT2D eigenvalue weighted by molar-refractivity contribution is -0.115. The lowest BCUT2D eigenvalue weighted by Gasteiger charge is -2.36. The van der Waals surface area contributed by atoms with E-state index in [1.807, 2.05) is 12.1 Å². The van der Waals surface area contributed by atoms with E-state index in [1.165, 1.54) is 17.8 Å². The van der Waals surface area contributed by atoms with Gasteiger partial charge in [0.1, 0.15) is 11.7 Å². The Balaban J connectivity index is 1.38. The fourth-order valence-electron chi connectivity index (χ4n) is 3.76. The number of methoxy groups -OCH3 is 1. The van der Waals surface area contributed by atoms with Crippen LogP contribution in [0.25, 0.3) is 0 Å². The summed E-state index contributed by atoms with van der Waals surface area (Å²) in [6.45, 7) is 5.75. The zero-order chi connectivity index (χ0) is 20.2. The molecule has 1 atom stereocenters. The summed E-state index contributed by atoms with van der Waals surface area (Å²) < 4.78 is 18.7. The van der Waals surface area contributed by atoms with Crippen molar-refractivity contribution in [3.8, 4) is 0 Å². The Morgan fingerprint density at radius 3 is 2.66 bits per heavy atom. The summed E-state index contributed by atoms with van der Waals surface area (Å²) in [5, 5.41) is 2.76. The number of nitrogens with zero attached hydrogens (tertiary/aromatic N) is 3. The van der Waals surface area contributed by atoms with E-state index in [0.29, 0.717) is 11.3 Å². The molecular formula is C22H25FN4O2. The van der Waals surface area contributed by atoms with Crippen LogP contribution in [-0.2, 0) is 9.53 Å². The zero-order valence-electron chi connectivity index (χ0n) is 16.5. The van der Waals surface area contributed by atoms with Crippen molar-refractivity contribution >= 4 is 29.2 Å².